The van der Waals surface area contributed by atoms with Crippen LogP contribution < -0.4 is 5.32 Å². The lowest BCUT2D eigenvalue weighted by Crippen LogP contribution is -2.46. The number of nitrogens with zero attached hydrogens (tertiary/aromatic N) is 1. The van der Waals surface area contributed by atoms with Crippen LogP contribution in [0.25, 0.3) is 0 Å². The second-order valence-corrected chi connectivity index (χ2v) is 6.47. The summed E-state index contributed by atoms with van der Waals surface area (Å²) in [5.41, 5.74) is 1.91. The normalized spacial score (nSPS) is 26.6. The summed E-state index contributed by atoms with van der Waals surface area (Å²) in [5, 5.41) is 20.8. The third-order valence-corrected chi connectivity index (χ3v) is 4.47. The molecule has 0 bridgehead atoms. The van der Waals surface area contributed by atoms with Crippen LogP contribution in [0, 0.1) is 0 Å². The number of nitrogens with one attached hydrogen (secondary N) is 1. The van der Waals surface area contributed by atoms with Crippen molar-refractivity contribution in [3.05, 3.63) is 36.5 Å². The zero-order chi connectivity index (χ0) is 18.4. The first-order valence-electron chi connectivity index (χ1n) is 8.56. The summed E-state index contributed by atoms with van der Waals surface area (Å²) < 4.78 is 37.1. The highest BCUT2D eigenvalue weighted by Crippen LogP contribution is 2.25. The van der Waals surface area contributed by atoms with E-state index in [1.807, 2.05) is 6.08 Å². The number of aliphatic hydroxyl groups excluding tert-OH is 2. The van der Waals surface area contributed by atoms with Crippen LogP contribution in [0.3, 0.4) is 0 Å². The van der Waals surface area contributed by atoms with Crippen molar-refractivity contribution in [2.45, 2.75) is 69.1 Å². The highest BCUT2D eigenvalue weighted by molar-refractivity contribution is 6.03. The molecule has 7 heteroatoms. The summed E-state index contributed by atoms with van der Waals surface area (Å²) in [4.78, 5) is 4.74. The molecule has 0 aromatic heterocycles. The molecule has 0 aromatic rings. The number of aliphatic hydroxyl groups is 2. The van der Waals surface area contributed by atoms with Crippen LogP contribution in [0.5, 0.6) is 0 Å². The van der Waals surface area contributed by atoms with Gasteiger partial charge in [0, 0.05) is 11.8 Å². The summed E-state index contributed by atoms with van der Waals surface area (Å²) in [7, 11) is 0. The molecule has 0 fully saturated rings. The molecule has 0 radical (unpaired) electrons. The molecular formula is C18H25F3N2O2. The Kier molecular flexibility index (Phi) is 6.98. The van der Waals surface area contributed by atoms with Crippen LogP contribution in [0.15, 0.2) is 41.4 Å². The molecule has 3 N–H and O–H groups in total. The van der Waals surface area contributed by atoms with E-state index in [0.717, 1.165) is 37.0 Å². The Morgan fingerprint density at radius 2 is 2.16 bits per heavy atom. The van der Waals surface area contributed by atoms with E-state index < -0.39 is 24.6 Å². The summed E-state index contributed by atoms with van der Waals surface area (Å²) in [6, 6.07) is -0.390. The van der Waals surface area contributed by atoms with Gasteiger partial charge in [0.1, 0.15) is 0 Å². The Labute approximate surface area is 145 Å². The highest BCUT2D eigenvalue weighted by atomic mass is 19.4. The van der Waals surface area contributed by atoms with Gasteiger partial charge in [-0.15, -0.1) is 6.58 Å². The average Bonchev–Trinajstić information content (AvgIpc) is 2.59. The van der Waals surface area contributed by atoms with Crippen LogP contribution in [0.4, 0.5) is 13.2 Å². The van der Waals surface area contributed by atoms with E-state index in [4.69, 9.17) is 10.1 Å². The third kappa shape index (κ3) is 6.09. The van der Waals surface area contributed by atoms with Crippen molar-refractivity contribution in [2.75, 3.05) is 0 Å². The lowest BCUT2D eigenvalue weighted by Gasteiger charge is -2.25. The molecule has 2 aliphatic rings. The number of hydrogen-bond donors (Lipinski definition) is 3. The Morgan fingerprint density at radius 3 is 2.76 bits per heavy atom. The number of aliphatic imine (C=N–C) groups is 1. The molecule has 0 spiro atoms. The zero-order valence-electron chi connectivity index (χ0n) is 14.0. The van der Waals surface area contributed by atoms with Crippen LogP contribution >= 0.6 is 0 Å². The molecule has 2 unspecified atom stereocenters. The van der Waals surface area contributed by atoms with Crippen LogP contribution in [0.2, 0.25) is 0 Å². The molecule has 0 saturated carbocycles. The number of rotatable bonds is 7. The van der Waals surface area contributed by atoms with Gasteiger partial charge in [0.15, 0.2) is 0 Å². The Morgan fingerprint density at radius 1 is 1.40 bits per heavy atom. The SMILES string of the molecule is C=CC(O)CC[C@H]1CCCC(C2=CC[C@H](NC(O)C(F)(F)F)C=C2)=N1. The van der Waals surface area contributed by atoms with Crippen molar-refractivity contribution in [1.82, 2.24) is 5.32 Å². The van der Waals surface area contributed by atoms with Gasteiger partial charge in [-0.25, -0.2) is 0 Å². The Hall–Kier alpha value is -1.44. The van der Waals surface area contributed by atoms with Crippen molar-refractivity contribution in [3.63, 3.8) is 0 Å². The van der Waals surface area contributed by atoms with Gasteiger partial charge in [0.05, 0.1) is 12.1 Å². The maximum atomic E-state index is 12.4. The zero-order valence-corrected chi connectivity index (χ0v) is 14.0. The van der Waals surface area contributed by atoms with Crippen molar-refractivity contribution in [1.29, 1.82) is 0 Å². The van der Waals surface area contributed by atoms with Gasteiger partial charge in [-0.05, 0) is 44.1 Å². The van der Waals surface area contributed by atoms with E-state index in [-0.39, 0.29) is 6.04 Å². The van der Waals surface area contributed by atoms with Gasteiger partial charge < -0.3 is 10.2 Å². The quantitative estimate of drug-likeness (QED) is 0.484. The predicted molar refractivity (Wildman–Crippen MR) is 91.3 cm³/mol. The van der Waals surface area contributed by atoms with Crippen LogP contribution in [0.1, 0.15) is 38.5 Å². The average molecular weight is 358 g/mol. The minimum absolute atomic E-state index is 0.163. The largest absolute Gasteiger partial charge is 0.427 e. The summed E-state index contributed by atoms with van der Waals surface area (Å²) >= 11 is 0. The number of halogens is 3. The van der Waals surface area contributed by atoms with E-state index in [1.54, 1.807) is 12.2 Å². The molecule has 1 aliphatic carbocycles. The fourth-order valence-corrected chi connectivity index (χ4v) is 3.02. The standard InChI is InChI=1S/C18H25F3N2O2/c1-2-15(24)11-10-13-4-3-5-16(22-13)12-6-8-14(9-7-12)23-17(25)18(19,20)21/h2,6-8,13-15,17,23-25H,1,3-5,9-11H2/t13-,14-,15?,17?/m1/s1. The van der Waals surface area contributed by atoms with Crippen molar-refractivity contribution < 1.29 is 23.4 Å². The molecule has 0 amide bonds. The minimum Gasteiger partial charge on any atom is -0.389 e. The van der Waals surface area contributed by atoms with Crippen molar-refractivity contribution in [2.24, 2.45) is 4.99 Å². The van der Waals surface area contributed by atoms with E-state index in [2.05, 4.69) is 11.9 Å². The fourth-order valence-electron chi connectivity index (χ4n) is 3.02. The van der Waals surface area contributed by atoms with Gasteiger partial charge >= 0.3 is 6.18 Å². The molecule has 1 aliphatic heterocycles. The Balaban J connectivity index is 1.91. The topological polar surface area (TPSA) is 64.8 Å². The molecule has 4 nitrogen and oxygen atoms in total. The van der Waals surface area contributed by atoms with Gasteiger partial charge in [0.25, 0.3) is 0 Å². The number of hydrogen-bond acceptors (Lipinski definition) is 4. The number of allylic oxidation sites excluding steroid dienone is 2. The van der Waals surface area contributed by atoms with E-state index in [9.17, 15) is 18.3 Å². The maximum Gasteiger partial charge on any atom is 0.427 e. The minimum atomic E-state index is -4.67. The summed E-state index contributed by atoms with van der Waals surface area (Å²) in [6.07, 6.45) is 3.69. The lowest BCUT2D eigenvalue weighted by atomic mass is 9.92. The van der Waals surface area contributed by atoms with Crippen LogP contribution in [-0.2, 0) is 0 Å². The van der Waals surface area contributed by atoms with Gasteiger partial charge in [-0.3, -0.25) is 10.3 Å². The predicted octanol–water partition coefficient (Wildman–Crippen LogP) is 3.03. The molecule has 0 aromatic carbocycles. The Bertz CT molecular complexity index is 555. The molecule has 0 saturated heterocycles. The van der Waals surface area contributed by atoms with Gasteiger partial charge in [-0.1, -0.05) is 24.3 Å². The van der Waals surface area contributed by atoms with Crippen molar-refractivity contribution >= 4 is 5.71 Å². The number of alkyl halides is 3. The third-order valence-electron chi connectivity index (χ3n) is 4.47. The maximum absolute atomic E-state index is 12.4. The van der Waals surface area contributed by atoms with Crippen molar-refractivity contribution in [3.8, 4) is 0 Å². The molecule has 140 valence electrons. The second kappa shape index (κ2) is 8.78. The molecule has 1 heterocycles. The molecule has 2 rings (SSSR count). The van der Waals surface area contributed by atoms with Crippen LogP contribution in [-0.4, -0.2) is 46.5 Å². The first-order valence-corrected chi connectivity index (χ1v) is 8.56. The van der Waals surface area contributed by atoms with Gasteiger partial charge in [-0.2, -0.15) is 13.2 Å². The molecular weight excluding hydrogens is 333 g/mol. The van der Waals surface area contributed by atoms with E-state index in [0.29, 0.717) is 12.8 Å². The van der Waals surface area contributed by atoms with Gasteiger partial charge in [0.2, 0.25) is 6.23 Å². The summed E-state index contributed by atoms with van der Waals surface area (Å²) in [6.45, 7) is 3.56. The van der Waals surface area contributed by atoms with E-state index >= 15 is 0 Å². The lowest BCUT2D eigenvalue weighted by molar-refractivity contribution is -0.214. The second-order valence-electron chi connectivity index (χ2n) is 6.47. The first-order chi connectivity index (χ1) is 11.8. The highest BCUT2D eigenvalue weighted by Gasteiger charge is 2.39. The monoisotopic (exact) mass is 358 g/mol. The smallest absolute Gasteiger partial charge is 0.389 e. The van der Waals surface area contributed by atoms with E-state index in [1.165, 1.54) is 6.08 Å². The molecule has 4 atom stereocenters. The fraction of sp³-hybridized carbons (Fsp3) is 0.611. The summed E-state index contributed by atoms with van der Waals surface area (Å²) in [5.74, 6) is 0. The molecule has 25 heavy (non-hydrogen) atoms. The first kappa shape index (κ1) is 19.9.